The molecule has 5 N–H and O–H groups in total. The molecule has 0 amide bonds. The third-order valence-corrected chi connectivity index (χ3v) is 9.79. The third kappa shape index (κ3) is 3.97. The summed E-state index contributed by atoms with van der Waals surface area (Å²) in [6.07, 6.45) is 8.18. The Morgan fingerprint density at radius 2 is 1.80 bits per heavy atom. The fraction of sp³-hybridized carbons (Fsp3) is 0.607. The van der Waals surface area contributed by atoms with Crippen LogP contribution in [0.2, 0.25) is 0 Å². The smallest absolute Gasteiger partial charge is 0.135 e. The molecule has 3 atom stereocenters. The third-order valence-electron chi connectivity index (χ3n) is 9.79. The number of likely N-dealkylation sites (tertiary alicyclic amines) is 1. The highest BCUT2D eigenvalue weighted by atomic mass is 19.1. The Morgan fingerprint density at radius 1 is 1.09 bits per heavy atom. The first-order valence-corrected chi connectivity index (χ1v) is 13.2. The topological polar surface area (TPSA) is 94.6 Å². The minimum Gasteiger partial charge on any atom is -0.390 e. The number of hydrogen-bond acceptors (Lipinski definition) is 6. The molecule has 0 spiro atoms. The van der Waals surface area contributed by atoms with Crippen molar-refractivity contribution in [3.8, 4) is 11.1 Å². The van der Waals surface area contributed by atoms with Crippen molar-refractivity contribution in [3.63, 3.8) is 0 Å². The minimum atomic E-state index is -0.902. The Morgan fingerprint density at radius 3 is 2.43 bits per heavy atom. The second kappa shape index (κ2) is 8.51. The van der Waals surface area contributed by atoms with Gasteiger partial charge in [-0.15, -0.1) is 0 Å². The lowest BCUT2D eigenvalue weighted by Gasteiger charge is -2.52. The molecule has 2 bridgehead atoms. The molecule has 1 aromatic heterocycles. The second-order valence-electron chi connectivity index (χ2n) is 11.6. The Labute approximate surface area is 206 Å². The molecule has 7 rings (SSSR count). The van der Waals surface area contributed by atoms with Gasteiger partial charge in [-0.2, -0.15) is 0 Å². The number of aromatic nitrogens is 1. The van der Waals surface area contributed by atoms with E-state index in [1.54, 1.807) is 6.20 Å². The number of hydrogen-bond donors (Lipinski definition) is 4. The van der Waals surface area contributed by atoms with E-state index in [1.165, 1.54) is 18.4 Å². The molecule has 188 valence electrons. The molecule has 1 aliphatic heterocycles. The standard InChI is InChI=1S/C28H37FN4O2/c29-13-14-33-17-22-5-6-28(22,18-33)21-3-1-19(2-4-21)20-15-23(24(30)31-16-20)25(34)32-26-7-10-27(35,11-8-26)12-9-26/h1-4,15-16,22,25,32,34-35H,5-14,17-18H2,(H2,30,31)/t22-,25?,26?,27?,28+/m1/s1. The van der Waals surface area contributed by atoms with Crippen LogP contribution in [0.1, 0.15) is 68.7 Å². The SMILES string of the molecule is Nc1ncc(-c2ccc([C@@]34CC[C@@H]3CN(CCF)C4)cc2)cc1C(O)NC12CCC(O)(CC1)CC2. The van der Waals surface area contributed by atoms with Gasteiger partial charge in [0.05, 0.1) is 5.60 Å². The van der Waals surface area contributed by atoms with Crippen LogP contribution in [0.25, 0.3) is 11.1 Å². The van der Waals surface area contributed by atoms with E-state index in [4.69, 9.17) is 5.73 Å². The molecule has 2 aromatic rings. The van der Waals surface area contributed by atoms with Gasteiger partial charge in [-0.05, 0) is 74.5 Å². The van der Waals surface area contributed by atoms with Crippen LogP contribution in [0.5, 0.6) is 0 Å². The van der Waals surface area contributed by atoms with E-state index >= 15 is 0 Å². The number of aliphatic hydroxyl groups excluding tert-OH is 1. The fourth-order valence-electron chi connectivity index (χ4n) is 7.32. The van der Waals surface area contributed by atoms with E-state index in [-0.39, 0.29) is 17.6 Å². The summed E-state index contributed by atoms with van der Waals surface area (Å²) in [5, 5.41) is 25.1. The summed E-state index contributed by atoms with van der Waals surface area (Å²) in [5.74, 6) is 0.959. The number of rotatable bonds is 7. The van der Waals surface area contributed by atoms with Gasteiger partial charge in [-0.3, -0.25) is 10.2 Å². The Kier molecular flexibility index (Phi) is 5.68. The van der Waals surface area contributed by atoms with Crippen LogP contribution in [0.4, 0.5) is 10.2 Å². The number of nitrogens with two attached hydrogens (primary N) is 1. The van der Waals surface area contributed by atoms with Crippen LogP contribution < -0.4 is 11.1 Å². The number of anilines is 1. The molecule has 4 aliphatic carbocycles. The summed E-state index contributed by atoms with van der Waals surface area (Å²) < 4.78 is 12.9. The average Bonchev–Trinajstić information content (AvgIpc) is 3.11. The summed E-state index contributed by atoms with van der Waals surface area (Å²) in [5.41, 5.74) is 9.61. The monoisotopic (exact) mass is 480 g/mol. The van der Waals surface area contributed by atoms with Crippen molar-refractivity contribution in [2.75, 3.05) is 32.0 Å². The highest BCUT2D eigenvalue weighted by Crippen LogP contribution is 2.53. The normalized spacial score (nSPS) is 35.0. The number of nitrogens with one attached hydrogen (secondary N) is 1. The first kappa shape index (κ1) is 23.3. The lowest BCUT2D eigenvalue weighted by Crippen LogP contribution is -2.58. The maximum Gasteiger partial charge on any atom is 0.135 e. The minimum absolute atomic E-state index is 0.149. The van der Waals surface area contributed by atoms with Crippen LogP contribution in [-0.2, 0) is 5.41 Å². The van der Waals surface area contributed by atoms with Crippen molar-refractivity contribution in [2.45, 2.75) is 74.1 Å². The van der Waals surface area contributed by atoms with Gasteiger partial charge in [0, 0.05) is 47.9 Å². The number of fused-ring (bicyclic) bond motifs is 4. The van der Waals surface area contributed by atoms with Gasteiger partial charge in [-0.1, -0.05) is 24.3 Å². The van der Waals surface area contributed by atoms with Crippen molar-refractivity contribution in [2.24, 2.45) is 5.92 Å². The Bertz CT molecular complexity index is 1070. The molecule has 1 aromatic carbocycles. The van der Waals surface area contributed by atoms with Crippen LogP contribution in [0.15, 0.2) is 36.5 Å². The van der Waals surface area contributed by atoms with Crippen molar-refractivity contribution in [3.05, 3.63) is 47.7 Å². The zero-order chi connectivity index (χ0) is 24.3. The molecule has 5 fully saturated rings. The van der Waals surface area contributed by atoms with Crippen LogP contribution in [0, 0.1) is 5.92 Å². The predicted octanol–water partition coefficient (Wildman–Crippen LogP) is 3.68. The second-order valence-corrected chi connectivity index (χ2v) is 11.6. The van der Waals surface area contributed by atoms with Crippen molar-refractivity contribution < 1.29 is 14.6 Å². The molecule has 1 unspecified atom stereocenters. The number of benzene rings is 1. The molecule has 0 radical (unpaired) electrons. The van der Waals surface area contributed by atoms with Crippen molar-refractivity contribution >= 4 is 5.82 Å². The first-order chi connectivity index (χ1) is 16.8. The van der Waals surface area contributed by atoms with Crippen LogP contribution in [-0.4, -0.2) is 57.5 Å². The largest absolute Gasteiger partial charge is 0.390 e. The quantitative estimate of drug-likeness (QED) is 0.452. The highest BCUT2D eigenvalue weighted by Gasteiger charge is 2.53. The number of alkyl halides is 1. The van der Waals surface area contributed by atoms with E-state index in [2.05, 4.69) is 39.5 Å². The van der Waals surface area contributed by atoms with Gasteiger partial charge in [0.2, 0.25) is 0 Å². The first-order valence-electron chi connectivity index (χ1n) is 13.2. The van der Waals surface area contributed by atoms with Gasteiger partial charge in [0.15, 0.2) is 0 Å². The van der Waals surface area contributed by atoms with Gasteiger partial charge >= 0.3 is 0 Å². The molecule has 6 nitrogen and oxygen atoms in total. The van der Waals surface area contributed by atoms with E-state index in [0.717, 1.165) is 62.7 Å². The van der Waals surface area contributed by atoms with Crippen molar-refractivity contribution in [1.82, 2.24) is 15.2 Å². The van der Waals surface area contributed by atoms with E-state index in [9.17, 15) is 14.6 Å². The maximum atomic E-state index is 12.9. The summed E-state index contributed by atoms with van der Waals surface area (Å²) in [7, 11) is 0. The van der Waals surface area contributed by atoms with Crippen LogP contribution >= 0.6 is 0 Å². The van der Waals surface area contributed by atoms with E-state index < -0.39 is 11.8 Å². The average molecular weight is 481 g/mol. The number of pyridine rings is 1. The van der Waals surface area contributed by atoms with Crippen LogP contribution in [0.3, 0.4) is 0 Å². The fourth-order valence-corrected chi connectivity index (χ4v) is 7.32. The zero-order valence-corrected chi connectivity index (χ0v) is 20.3. The van der Waals surface area contributed by atoms with Crippen molar-refractivity contribution in [1.29, 1.82) is 0 Å². The Balaban J connectivity index is 1.20. The molecular formula is C28H37FN4O2. The number of nitrogen functional groups attached to an aromatic ring is 1. The number of aliphatic hydroxyl groups is 2. The molecular weight excluding hydrogens is 443 g/mol. The summed E-state index contributed by atoms with van der Waals surface area (Å²) in [6.45, 7) is 2.21. The van der Waals surface area contributed by atoms with Gasteiger partial charge in [0.1, 0.15) is 18.7 Å². The molecule has 35 heavy (non-hydrogen) atoms. The summed E-state index contributed by atoms with van der Waals surface area (Å²) >= 11 is 0. The highest BCUT2D eigenvalue weighted by molar-refractivity contribution is 5.66. The summed E-state index contributed by atoms with van der Waals surface area (Å²) in [4.78, 5) is 6.67. The van der Waals surface area contributed by atoms with Gasteiger partial charge in [0.25, 0.3) is 0 Å². The van der Waals surface area contributed by atoms with Gasteiger partial charge in [-0.25, -0.2) is 9.37 Å². The molecule has 7 heteroatoms. The van der Waals surface area contributed by atoms with E-state index in [0.29, 0.717) is 23.8 Å². The molecule has 1 saturated heterocycles. The maximum absolute atomic E-state index is 12.9. The molecule has 4 saturated carbocycles. The molecule has 5 aliphatic rings. The lowest BCUT2D eigenvalue weighted by molar-refractivity contribution is -0.0853. The lowest BCUT2D eigenvalue weighted by atomic mass is 9.58. The zero-order valence-electron chi connectivity index (χ0n) is 20.3. The number of halogens is 1. The Hall–Kier alpha value is -2.06. The molecule has 2 heterocycles. The predicted molar refractivity (Wildman–Crippen MR) is 134 cm³/mol. The summed E-state index contributed by atoms with van der Waals surface area (Å²) in [6, 6.07) is 10.6. The van der Waals surface area contributed by atoms with E-state index in [1.807, 2.05) is 6.07 Å². The number of nitrogens with zero attached hydrogens (tertiary/aromatic N) is 2. The van der Waals surface area contributed by atoms with Gasteiger partial charge < -0.3 is 15.9 Å².